The summed E-state index contributed by atoms with van der Waals surface area (Å²) in [6.07, 6.45) is -0.130. The number of halogens is 1. The molecule has 0 N–H and O–H groups in total. The normalized spacial score (nSPS) is 10.6. The highest BCUT2D eigenvalue weighted by Gasteiger charge is 2.14. The second-order valence-electron chi connectivity index (χ2n) is 3.52. The lowest BCUT2D eigenvalue weighted by molar-refractivity contribution is -0.644. The molecule has 0 aliphatic heterocycles. The summed E-state index contributed by atoms with van der Waals surface area (Å²) < 4.78 is 4.77. The highest BCUT2D eigenvalue weighted by molar-refractivity contribution is 6.31. The van der Waals surface area contributed by atoms with Crippen molar-refractivity contribution in [3.63, 3.8) is 0 Å². The maximum atomic E-state index is 11.6. The van der Waals surface area contributed by atoms with Gasteiger partial charge in [0.2, 0.25) is 5.82 Å². The third kappa shape index (κ3) is 2.65. The number of ether oxygens (including phenoxy) is 1. The van der Waals surface area contributed by atoms with Crippen LogP contribution in [0, 0.1) is 5.21 Å². The Bertz CT molecular complexity index is 603. The zero-order chi connectivity index (χ0) is 13.1. The van der Waals surface area contributed by atoms with Gasteiger partial charge in [-0.05, 0) is 23.9 Å². The number of hydrogen-bond acceptors (Lipinski definition) is 5. The van der Waals surface area contributed by atoms with Gasteiger partial charge in [-0.1, -0.05) is 11.6 Å². The van der Waals surface area contributed by atoms with E-state index in [1.54, 1.807) is 19.1 Å². The molecule has 2 rings (SSSR count). The largest absolute Gasteiger partial charge is 0.594 e. The van der Waals surface area contributed by atoms with E-state index in [1.807, 2.05) is 0 Å². The van der Waals surface area contributed by atoms with Crippen molar-refractivity contribution < 1.29 is 14.4 Å². The molecule has 18 heavy (non-hydrogen) atoms. The Morgan fingerprint density at radius 3 is 3.06 bits per heavy atom. The molecule has 0 radical (unpaired) electrons. The fourth-order valence-corrected chi connectivity index (χ4v) is 1.65. The fourth-order valence-electron chi connectivity index (χ4n) is 1.48. The fraction of sp³-hybridized carbons (Fsp3) is 0.273. The standard InChI is InChI=1S/C11H10ClN3O3/c1-2-18-11(16)6-10-13-8-4-3-7(12)5-9(8)15(17)14-10/h3-5H,2,6H2,1H3. The topological polar surface area (TPSA) is 79.0 Å². The summed E-state index contributed by atoms with van der Waals surface area (Å²) in [4.78, 5) is 15.8. The number of carbonyl (C=O) groups excluding carboxylic acids is 1. The van der Waals surface area contributed by atoms with Crippen LogP contribution in [0.2, 0.25) is 5.02 Å². The van der Waals surface area contributed by atoms with Gasteiger partial charge >= 0.3 is 5.97 Å². The zero-order valence-corrected chi connectivity index (χ0v) is 10.3. The van der Waals surface area contributed by atoms with Crippen molar-refractivity contribution in [3.8, 4) is 0 Å². The second-order valence-corrected chi connectivity index (χ2v) is 3.95. The average Bonchev–Trinajstić information content (AvgIpc) is 2.30. The maximum Gasteiger partial charge on any atom is 0.313 e. The first-order chi connectivity index (χ1) is 8.60. The molecular weight excluding hydrogens is 258 g/mol. The molecule has 0 saturated carbocycles. The molecular formula is C11H10ClN3O3. The first-order valence-electron chi connectivity index (χ1n) is 5.32. The molecule has 94 valence electrons. The quantitative estimate of drug-likeness (QED) is 0.471. The molecule has 0 bridgehead atoms. The summed E-state index contributed by atoms with van der Waals surface area (Å²) in [7, 11) is 0. The van der Waals surface area contributed by atoms with Crippen LogP contribution in [0.4, 0.5) is 0 Å². The highest BCUT2D eigenvalue weighted by atomic mass is 35.5. The highest BCUT2D eigenvalue weighted by Crippen LogP contribution is 2.14. The van der Waals surface area contributed by atoms with E-state index in [0.29, 0.717) is 15.4 Å². The SMILES string of the molecule is CCOC(=O)Cc1nc2ccc(Cl)cc2[n+]([O-])n1. The minimum atomic E-state index is -0.467. The zero-order valence-electron chi connectivity index (χ0n) is 9.59. The third-order valence-corrected chi connectivity index (χ3v) is 2.44. The number of carbonyl (C=O) groups is 1. The molecule has 0 spiro atoms. The van der Waals surface area contributed by atoms with Crippen LogP contribution in [0.5, 0.6) is 0 Å². The van der Waals surface area contributed by atoms with Crippen molar-refractivity contribution in [3.05, 3.63) is 34.3 Å². The van der Waals surface area contributed by atoms with E-state index in [2.05, 4.69) is 10.1 Å². The Hall–Kier alpha value is -1.95. The van der Waals surface area contributed by atoms with Crippen LogP contribution >= 0.6 is 11.6 Å². The first-order valence-corrected chi connectivity index (χ1v) is 5.69. The Morgan fingerprint density at radius 2 is 2.33 bits per heavy atom. The van der Waals surface area contributed by atoms with Gasteiger partial charge < -0.3 is 9.94 Å². The van der Waals surface area contributed by atoms with Gasteiger partial charge in [0.15, 0.2) is 0 Å². The molecule has 0 aliphatic carbocycles. The van der Waals surface area contributed by atoms with Gasteiger partial charge in [0.25, 0.3) is 5.52 Å². The van der Waals surface area contributed by atoms with Gasteiger partial charge in [-0.15, -0.1) is 0 Å². The van der Waals surface area contributed by atoms with E-state index >= 15 is 0 Å². The Kier molecular flexibility index (Phi) is 3.57. The summed E-state index contributed by atoms with van der Waals surface area (Å²) in [5.74, 6) is -0.343. The molecule has 0 aliphatic rings. The lowest BCUT2D eigenvalue weighted by Gasteiger charge is -2.03. The molecule has 7 heteroatoms. The molecule has 1 heterocycles. The van der Waals surface area contributed by atoms with Crippen LogP contribution in [-0.4, -0.2) is 22.7 Å². The number of benzene rings is 1. The predicted octanol–water partition coefficient (Wildman–Crippen LogP) is 1.02. The van der Waals surface area contributed by atoms with Crippen LogP contribution in [0.15, 0.2) is 18.2 Å². The monoisotopic (exact) mass is 267 g/mol. The summed E-state index contributed by atoms with van der Waals surface area (Å²) >= 11 is 5.77. The van der Waals surface area contributed by atoms with E-state index in [1.165, 1.54) is 6.07 Å². The number of hydrogen-bond donors (Lipinski definition) is 0. The number of aromatic nitrogens is 3. The lowest BCUT2D eigenvalue weighted by Crippen LogP contribution is -2.34. The van der Waals surface area contributed by atoms with Crippen molar-refractivity contribution in [1.82, 2.24) is 10.1 Å². The predicted molar refractivity (Wildman–Crippen MR) is 63.8 cm³/mol. The number of esters is 1. The number of nitrogens with zero attached hydrogens (tertiary/aromatic N) is 3. The Morgan fingerprint density at radius 1 is 1.56 bits per heavy atom. The molecule has 0 unspecified atom stereocenters. The van der Waals surface area contributed by atoms with Gasteiger partial charge in [0, 0.05) is 16.2 Å². The summed E-state index contributed by atoms with van der Waals surface area (Å²) in [6, 6.07) is 4.69. The van der Waals surface area contributed by atoms with Gasteiger partial charge in [0.05, 0.1) is 6.61 Å². The minimum absolute atomic E-state index is 0.123. The van der Waals surface area contributed by atoms with Crippen molar-refractivity contribution >= 4 is 28.6 Å². The van der Waals surface area contributed by atoms with Crippen LogP contribution in [0.25, 0.3) is 11.0 Å². The summed E-state index contributed by atoms with van der Waals surface area (Å²) in [5, 5.41) is 15.7. The smallest absolute Gasteiger partial charge is 0.313 e. The van der Waals surface area contributed by atoms with E-state index in [-0.39, 0.29) is 24.4 Å². The molecule has 0 amide bonds. The summed E-state index contributed by atoms with van der Waals surface area (Å²) in [6.45, 7) is 1.98. The number of fused-ring (bicyclic) bond motifs is 1. The number of rotatable bonds is 3. The van der Waals surface area contributed by atoms with Crippen molar-refractivity contribution in [2.75, 3.05) is 6.61 Å². The maximum absolute atomic E-state index is 11.6. The molecule has 1 aromatic carbocycles. The molecule has 1 aromatic heterocycles. The molecule has 0 atom stereocenters. The second kappa shape index (κ2) is 5.14. The van der Waals surface area contributed by atoms with Crippen LogP contribution in [-0.2, 0) is 16.0 Å². The third-order valence-electron chi connectivity index (χ3n) is 2.21. The van der Waals surface area contributed by atoms with E-state index in [4.69, 9.17) is 16.3 Å². The lowest BCUT2D eigenvalue weighted by atomic mass is 10.3. The average molecular weight is 268 g/mol. The van der Waals surface area contributed by atoms with Crippen molar-refractivity contribution in [2.45, 2.75) is 13.3 Å². The van der Waals surface area contributed by atoms with Crippen molar-refractivity contribution in [1.29, 1.82) is 0 Å². The van der Waals surface area contributed by atoms with Crippen molar-refractivity contribution in [2.24, 2.45) is 0 Å². The molecule has 0 fully saturated rings. The minimum Gasteiger partial charge on any atom is -0.594 e. The van der Waals surface area contributed by atoms with Crippen LogP contribution in [0.3, 0.4) is 0 Å². The van der Waals surface area contributed by atoms with Gasteiger partial charge in [-0.3, -0.25) is 4.79 Å². The molecule has 0 saturated heterocycles. The van der Waals surface area contributed by atoms with Crippen LogP contribution < -0.4 is 4.85 Å². The van der Waals surface area contributed by atoms with E-state index < -0.39 is 5.97 Å². The molecule has 6 nitrogen and oxygen atoms in total. The van der Waals surface area contributed by atoms with E-state index in [0.717, 1.165) is 0 Å². The van der Waals surface area contributed by atoms with Gasteiger partial charge in [-0.2, -0.15) is 0 Å². The van der Waals surface area contributed by atoms with E-state index in [9.17, 15) is 10.0 Å². The van der Waals surface area contributed by atoms with Gasteiger partial charge in [-0.25, -0.2) is 4.98 Å². The molecule has 2 aromatic rings. The Balaban J connectivity index is 2.37. The van der Waals surface area contributed by atoms with Gasteiger partial charge in [0.1, 0.15) is 11.9 Å². The van der Waals surface area contributed by atoms with Crippen LogP contribution in [0.1, 0.15) is 12.7 Å². The first kappa shape index (κ1) is 12.5. The Labute approximate surface area is 108 Å². The summed E-state index contributed by atoms with van der Waals surface area (Å²) in [5.41, 5.74) is 0.693.